The van der Waals surface area contributed by atoms with E-state index >= 15 is 19.2 Å². The second kappa shape index (κ2) is 31.0. The Kier molecular flexibility index (Phi) is 22.5. The third-order valence-electron chi connectivity index (χ3n) is 18.4. The standard InChI is InChI=1S/C78H88Br2N4O8/c1-5-9-13-23-50-89-83(58-33-19-17-20-34-58,90-51-24-14-10-6-2)60-43-38-55(39-44-60)30-28-48-81-75(85)64-54-63-67-65(79)47-42-57-32-27-37-62(66(57)67)69-68(63)71(70(64)76(81)86)72-73(74(69)80)78(88)82(77(72)87)49-29-31-56-40-45-61(46-41-56)84(59-35-21-18-22-36-59,91-52-25-15-11-7-3)92-53-26-16-12-8-4/h17-22,27,32-47,54H,5-16,23-26,28-31,48-53H2,1-4H3/q+2. The van der Waals surface area contributed by atoms with Gasteiger partial charge in [0.2, 0.25) is 22.7 Å². The van der Waals surface area contributed by atoms with Gasteiger partial charge in [-0.2, -0.15) is 19.4 Å². The van der Waals surface area contributed by atoms with E-state index in [4.69, 9.17) is 19.4 Å². The van der Waals surface area contributed by atoms with Gasteiger partial charge in [0.05, 0.1) is 21.5 Å². The van der Waals surface area contributed by atoms with Gasteiger partial charge in [-0.05, 0) is 112 Å². The minimum Gasteiger partial charge on any atom is -0.274 e. The molecule has 0 fully saturated rings. The summed E-state index contributed by atoms with van der Waals surface area (Å²) in [6.45, 7) is 11.2. The van der Waals surface area contributed by atoms with Crippen LogP contribution >= 0.6 is 31.9 Å². The molecule has 0 N–H and O–H groups in total. The second-order valence-electron chi connectivity index (χ2n) is 24.8. The molecule has 12 nitrogen and oxygen atoms in total. The Morgan fingerprint density at radius 3 is 1.24 bits per heavy atom. The van der Waals surface area contributed by atoms with E-state index in [0.29, 0.717) is 67.4 Å². The van der Waals surface area contributed by atoms with Crippen LogP contribution in [0.15, 0.2) is 174 Å². The van der Waals surface area contributed by atoms with Crippen molar-refractivity contribution >= 4 is 119 Å². The van der Waals surface area contributed by atoms with Crippen LogP contribution in [0, 0.1) is 0 Å². The van der Waals surface area contributed by atoms with Crippen molar-refractivity contribution in [2.24, 2.45) is 0 Å². The molecule has 0 unspecified atom stereocenters. The molecule has 0 saturated carbocycles. The van der Waals surface area contributed by atoms with Gasteiger partial charge < -0.3 is 0 Å². The van der Waals surface area contributed by atoms with Gasteiger partial charge in [0.15, 0.2) is 0 Å². The molecular weight excluding hydrogens is 1280 g/mol. The molecule has 0 aliphatic heterocycles. The molecule has 0 amide bonds. The predicted octanol–water partition coefficient (Wildman–Crippen LogP) is 20.1. The molecule has 0 atom stereocenters. The van der Waals surface area contributed by atoms with Crippen molar-refractivity contribution in [2.75, 3.05) is 26.4 Å². The maximum Gasteiger partial charge on any atom is 0.262 e. The molecule has 11 aromatic rings. The fourth-order valence-corrected chi connectivity index (χ4v) is 14.9. The quantitative estimate of drug-likeness (QED) is 0.0125. The molecule has 0 radical (unpaired) electrons. The Balaban J connectivity index is 0.926. The first-order valence-electron chi connectivity index (χ1n) is 34.0. The summed E-state index contributed by atoms with van der Waals surface area (Å²) in [5.74, 6) is 0. The molecule has 0 saturated heterocycles. The van der Waals surface area contributed by atoms with Gasteiger partial charge in [-0.3, -0.25) is 28.3 Å². The number of benzene rings is 9. The molecule has 11 rings (SSSR count). The maximum absolute atomic E-state index is 15.4. The highest BCUT2D eigenvalue weighted by atomic mass is 79.9. The lowest BCUT2D eigenvalue weighted by Gasteiger charge is -2.31. The van der Waals surface area contributed by atoms with Gasteiger partial charge in [0, 0.05) is 102 Å². The van der Waals surface area contributed by atoms with Crippen molar-refractivity contribution in [3.05, 3.63) is 207 Å². The van der Waals surface area contributed by atoms with Gasteiger partial charge in [0.1, 0.15) is 26.4 Å². The number of quaternary nitrogens is 2. The van der Waals surface area contributed by atoms with Crippen LogP contribution in [-0.2, 0) is 45.3 Å². The number of aromatic nitrogens is 2. The average molecular weight is 1370 g/mol. The number of aryl methyl sites for hydroxylation is 2. The van der Waals surface area contributed by atoms with Gasteiger partial charge in [0.25, 0.3) is 22.2 Å². The normalized spacial score (nSPS) is 12.4. The third kappa shape index (κ3) is 13.5. The number of nitrogens with zero attached hydrogens (tertiary/aromatic N) is 4. The van der Waals surface area contributed by atoms with Crippen LogP contribution in [0.2, 0.25) is 0 Å². The van der Waals surface area contributed by atoms with Crippen LogP contribution in [-0.4, -0.2) is 35.6 Å². The smallest absolute Gasteiger partial charge is 0.262 e. The minimum atomic E-state index is -0.485. The summed E-state index contributed by atoms with van der Waals surface area (Å²) in [5, 5.41) is 6.83. The first-order valence-corrected chi connectivity index (χ1v) is 35.6. The summed E-state index contributed by atoms with van der Waals surface area (Å²) in [6.07, 6.45) is 19.2. The number of hydrogen-bond acceptors (Lipinski definition) is 8. The van der Waals surface area contributed by atoms with Crippen molar-refractivity contribution < 1.29 is 19.4 Å². The Morgan fingerprint density at radius 1 is 0.337 bits per heavy atom. The highest BCUT2D eigenvalue weighted by Gasteiger charge is 2.41. The molecule has 92 heavy (non-hydrogen) atoms. The number of fused-ring (bicyclic) bond motifs is 6. The summed E-state index contributed by atoms with van der Waals surface area (Å²) < 4.78 is 3.96. The first-order chi connectivity index (χ1) is 45.0. The van der Waals surface area contributed by atoms with Gasteiger partial charge in [-0.15, -0.1) is 0 Å². The van der Waals surface area contributed by atoms with E-state index in [0.717, 1.165) is 173 Å². The average Bonchev–Trinajstić information content (AvgIpc) is 1.38. The molecule has 2 heterocycles. The summed E-state index contributed by atoms with van der Waals surface area (Å²) in [6, 6.07) is 48.8. The summed E-state index contributed by atoms with van der Waals surface area (Å²) in [7, 11) is 0. The van der Waals surface area contributed by atoms with Crippen LogP contribution in [0.3, 0.4) is 0 Å². The van der Waals surface area contributed by atoms with E-state index in [1.807, 2.05) is 66.7 Å². The number of para-hydroxylation sites is 2. The van der Waals surface area contributed by atoms with E-state index in [1.165, 1.54) is 9.13 Å². The zero-order chi connectivity index (χ0) is 64.2. The minimum absolute atomic E-state index is 0.136. The lowest BCUT2D eigenvalue weighted by atomic mass is 9.87. The Bertz CT molecular complexity index is 4460. The van der Waals surface area contributed by atoms with E-state index in [-0.39, 0.29) is 44.3 Å². The van der Waals surface area contributed by atoms with Crippen molar-refractivity contribution in [2.45, 2.75) is 169 Å². The lowest BCUT2D eigenvalue weighted by molar-refractivity contribution is -0.316. The predicted molar refractivity (Wildman–Crippen MR) is 387 cm³/mol. The number of hydrogen-bond donors (Lipinski definition) is 0. The van der Waals surface area contributed by atoms with Crippen LogP contribution in [0.25, 0.3) is 64.6 Å². The van der Waals surface area contributed by atoms with Gasteiger partial charge >= 0.3 is 0 Å². The highest BCUT2D eigenvalue weighted by molar-refractivity contribution is 9.11. The van der Waals surface area contributed by atoms with E-state index < -0.39 is 22.2 Å². The highest BCUT2D eigenvalue weighted by Crippen LogP contribution is 2.49. The molecule has 0 aliphatic rings. The Morgan fingerprint density at radius 2 is 0.772 bits per heavy atom. The van der Waals surface area contributed by atoms with E-state index in [2.05, 4.69) is 138 Å². The molecule has 14 heteroatoms. The topological polar surface area (TPSA) is 115 Å². The molecule has 0 spiro atoms. The molecule has 0 bridgehead atoms. The molecule has 480 valence electrons. The molecule has 2 aromatic heterocycles. The summed E-state index contributed by atoms with van der Waals surface area (Å²) in [4.78, 5) is 87.9. The number of rotatable bonds is 36. The largest absolute Gasteiger partial charge is 0.274 e. The zero-order valence-electron chi connectivity index (χ0n) is 54.1. The number of unbranched alkanes of at least 4 members (excludes halogenated alkanes) is 12. The zero-order valence-corrected chi connectivity index (χ0v) is 57.2. The van der Waals surface area contributed by atoms with Gasteiger partial charge in [-0.25, -0.2) is 0 Å². The lowest BCUT2D eigenvalue weighted by Crippen LogP contribution is -2.44. The van der Waals surface area contributed by atoms with Crippen LogP contribution in [0.1, 0.15) is 154 Å². The second-order valence-corrected chi connectivity index (χ2v) is 26.4. The maximum atomic E-state index is 15.4. The van der Waals surface area contributed by atoms with Crippen LogP contribution in [0.5, 0.6) is 0 Å². The fraction of sp³-hybridized carbons (Fsp3) is 0.385. The van der Waals surface area contributed by atoms with Crippen molar-refractivity contribution in [1.82, 2.24) is 18.8 Å². The van der Waals surface area contributed by atoms with E-state index in [9.17, 15) is 0 Å². The summed E-state index contributed by atoms with van der Waals surface area (Å²) in [5.41, 5.74) is 3.71. The van der Waals surface area contributed by atoms with Crippen molar-refractivity contribution in [3.63, 3.8) is 0 Å². The monoisotopic (exact) mass is 1370 g/mol. The molecule has 0 aliphatic carbocycles. The Hall–Kier alpha value is -6.72. The molecule has 9 aromatic carbocycles. The third-order valence-corrected chi connectivity index (χ3v) is 19.9. The SMILES string of the molecule is CCCCCCO[N+](OCCCCCC)(c1ccccc1)c1ccc(CCCn2c(=O)c3cc4c5c(Br)ccc6cccc(c7c(Br)c8c(=O)n(CCCc9ccc([N+](OCCCCCC)(OCCCCCC)c%10ccccc%10)cc9)c(=O)c8c(c3c2=O)c47)c65)cc1. The summed E-state index contributed by atoms with van der Waals surface area (Å²) >= 11 is 7.83. The fourth-order valence-electron chi connectivity index (χ4n) is 13.6. The Labute approximate surface area is 556 Å². The van der Waals surface area contributed by atoms with Crippen LogP contribution < -0.4 is 31.9 Å². The van der Waals surface area contributed by atoms with Crippen molar-refractivity contribution in [3.8, 4) is 0 Å². The van der Waals surface area contributed by atoms with Gasteiger partial charge in [-0.1, -0.05) is 206 Å². The molecular formula is C78H88Br2N4O8+2. The number of halogens is 2. The van der Waals surface area contributed by atoms with E-state index in [1.54, 1.807) is 0 Å². The van der Waals surface area contributed by atoms with Crippen molar-refractivity contribution in [1.29, 1.82) is 0 Å². The first kappa shape index (κ1) is 66.7. The van der Waals surface area contributed by atoms with Crippen LogP contribution in [0.4, 0.5) is 22.7 Å².